The number of pyridine rings is 1. The van der Waals surface area contributed by atoms with E-state index in [1.807, 2.05) is 0 Å². The smallest absolute Gasteiger partial charge is 0.249 e. The van der Waals surface area contributed by atoms with Crippen molar-refractivity contribution in [1.29, 1.82) is 0 Å². The molecule has 0 aliphatic heterocycles. The van der Waals surface area contributed by atoms with E-state index in [1.165, 1.54) is 18.5 Å². The Labute approximate surface area is 63.0 Å². The Morgan fingerprint density at radius 2 is 2.45 bits per heavy atom. The largest absolute Gasteiger partial charge is 0.366 e. The molecule has 0 atom stereocenters. The Bertz CT molecular complexity index is 275. The Kier molecular flexibility index (Phi) is 2.15. The lowest BCUT2D eigenvalue weighted by Gasteiger charge is -1.98. The lowest BCUT2D eigenvalue weighted by atomic mass is 10.1. The summed E-state index contributed by atoms with van der Waals surface area (Å²) in [7, 11) is 0. The number of carbonyl (C=O) groups excluding carboxylic acids is 1. The van der Waals surface area contributed by atoms with Crippen molar-refractivity contribution in [3.05, 3.63) is 29.6 Å². The van der Waals surface area contributed by atoms with E-state index < -0.39 is 12.6 Å². The number of rotatable bonds is 2. The molecule has 0 fully saturated rings. The van der Waals surface area contributed by atoms with Crippen molar-refractivity contribution in [3.63, 3.8) is 0 Å². The van der Waals surface area contributed by atoms with Crippen LogP contribution in [0.2, 0.25) is 0 Å². The van der Waals surface area contributed by atoms with Gasteiger partial charge in [-0.25, -0.2) is 4.39 Å². The molecule has 2 N–H and O–H groups in total. The summed E-state index contributed by atoms with van der Waals surface area (Å²) >= 11 is 0. The molecule has 3 nitrogen and oxygen atoms in total. The second-order valence-corrected chi connectivity index (χ2v) is 2.03. The quantitative estimate of drug-likeness (QED) is 0.679. The zero-order chi connectivity index (χ0) is 8.27. The third kappa shape index (κ3) is 1.52. The van der Waals surface area contributed by atoms with Crippen molar-refractivity contribution in [2.45, 2.75) is 6.67 Å². The van der Waals surface area contributed by atoms with Crippen molar-refractivity contribution in [1.82, 2.24) is 4.98 Å². The Balaban J connectivity index is 3.12. The number of aromatic nitrogens is 1. The number of nitrogens with two attached hydrogens (primary N) is 1. The van der Waals surface area contributed by atoms with E-state index in [0.717, 1.165) is 0 Å². The van der Waals surface area contributed by atoms with Crippen LogP contribution in [-0.4, -0.2) is 10.9 Å². The van der Waals surface area contributed by atoms with E-state index in [9.17, 15) is 9.18 Å². The number of hydrogen-bond acceptors (Lipinski definition) is 2. The minimum Gasteiger partial charge on any atom is -0.366 e. The predicted molar refractivity (Wildman–Crippen MR) is 37.6 cm³/mol. The molecule has 0 aromatic carbocycles. The highest BCUT2D eigenvalue weighted by Gasteiger charge is 2.05. The Morgan fingerprint density at radius 3 is 2.91 bits per heavy atom. The third-order valence-electron chi connectivity index (χ3n) is 1.31. The third-order valence-corrected chi connectivity index (χ3v) is 1.31. The SMILES string of the molecule is NC(=O)c1ccncc1CF. The van der Waals surface area contributed by atoms with Crippen LogP contribution in [0.15, 0.2) is 18.5 Å². The maximum absolute atomic E-state index is 12.1. The standard InChI is InChI=1S/C7H7FN2O/c8-3-5-4-10-2-1-6(5)7(9)11/h1-2,4H,3H2,(H2,9,11). The van der Waals surface area contributed by atoms with Crippen molar-refractivity contribution in [2.75, 3.05) is 0 Å². The minimum atomic E-state index is -0.716. The molecule has 1 amide bonds. The molecule has 4 heteroatoms. The van der Waals surface area contributed by atoms with Crippen LogP contribution in [0.4, 0.5) is 4.39 Å². The Morgan fingerprint density at radius 1 is 1.73 bits per heavy atom. The highest BCUT2D eigenvalue weighted by atomic mass is 19.1. The number of primary amides is 1. The summed E-state index contributed by atoms with van der Waals surface area (Å²) in [6.45, 7) is -0.716. The molecule has 0 spiro atoms. The first-order valence-corrected chi connectivity index (χ1v) is 3.04. The first-order valence-electron chi connectivity index (χ1n) is 3.04. The summed E-state index contributed by atoms with van der Waals surface area (Å²) in [5.74, 6) is -0.625. The van der Waals surface area contributed by atoms with Gasteiger partial charge in [0, 0.05) is 23.5 Å². The molecule has 1 aromatic heterocycles. The maximum atomic E-state index is 12.1. The summed E-state index contributed by atoms with van der Waals surface area (Å²) in [5.41, 5.74) is 5.39. The average molecular weight is 154 g/mol. The fraction of sp³-hybridized carbons (Fsp3) is 0.143. The van der Waals surface area contributed by atoms with E-state index in [-0.39, 0.29) is 11.1 Å². The van der Waals surface area contributed by atoms with Gasteiger partial charge in [-0.3, -0.25) is 9.78 Å². The summed E-state index contributed by atoms with van der Waals surface area (Å²) in [4.78, 5) is 14.3. The second kappa shape index (κ2) is 3.09. The minimum absolute atomic E-state index is 0.197. The number of nitrogens with zero attached hydrogens (tertiary/aromatic N) is 1. The van der Waals surface area contributed by atoms with Gasteiger partial charge in [-0.05, 0) is 6.07 Å². The lowest BCUT2D eigenvalue weighted by molar-refractivity contribution is 0.0998. The summed E-state index contributed by atoms with van der Waals surface area (Å²) < 4.78 is 12.1. The van der Waals surface area contributed by atoms with Crippen LogP contribution in [0.3, 0.4) is 0 Å². The molecule has 1 rings (SSSR count). The Hall–Kier alpha value is -1.45. The van der Waals surface area contributed by atoms with Gasteiger partial charge in [0.2, 0.25) is 5.91 Å². The van der Waals surface area contributed by atoms with Crippen LogP contribution >= 0.6 is 0 Å². The van der Waals surface area contributed by atoms with Crippen LogP contribution in [0, 0.1) is 0 Å². The summed E-state index contributed by atoms with van der Waals surface area (Å²) in [6.07, 6.45) is 2.69. The van der Waals surface area contributed by atoms with Gasteiger partial charge in [0.05, 0.1) is 0 Å². The van der Waals surface area contributed by atoms with E-state index in [0.29, 0.717) is 0 Å². The fourth-order valence-corrected chi connectivity index (χ4v) is 0.774. The molecule has 0 radical (unpaired) electrons. The van der Waals surface area contributed by atoms with Gasteiger partial charge in [-0.1, -0.05) is 0 Å². The fourth-order valence-electron chi connectivity index (χ4n) is 0.774. The highest BCUT2D eigenvalue weighted by molar-refractivity contribution is 5.94. The molecule has 0 saturated heterocycles. The van der Waals surface area contributed by atoms with Crippen molar-refractivity contribution < 1.29 is 9.18 Å². The van der Waals surface area contributed by atoms with Crippen molar-refractivity contribution >= 4 is 5.91 Å². The number of alkyl halides is 1. The van der Waals surface area contributed by atoms with E-state index in [1.54, 1.807) is 0 Å². The highest BCUT2D eigenvalue weighted by Crippen LogP contribution is 2.06. The normalized spacial score (nSPS) is 9.55. The topological polar surface area (TPSA) is 56.0 Å². The zero-order valence-corrected chi connectivity index (χ0v) is 5.75. The average Bonchev–Trinajstić information content (AvgIpc) is 2.04. The van der Waals surface area contributed by atoms with Gasteiger partial charge < -0.3 is 5.73 Å². The molecular formula is C7H7FN2O. The molecule has 0 aliphatic carbocycles. The molecule has 0 bridgehead atoms. The monoisotopic (exact) mass is 154 g/mol. The van der Waals surface area contributed by atoms with Crippen molar-refractivity contribution in [2.24, 2.45) is 5.73 Å². The predicted octanol–water partition coefficient (Wildman–Crippen LogP) is 0.650. The molecule has 11 heavy (non-hydrogen) atoms. The molecule has 0 unspecified atom stereocenters. The second-order valence-electron chi connectivity index (χ2n) is 2.03. The van der Waals surface area contributed by atoms with E-state index in [2.05, 4.69) is 4.98 Å². The van der Waals surface area contributed by atoms with Crippen LogP contribution < -0.4 is 5.73 Å². The lowest BCUT2D eigenvalue weighted by Crippen LogP contribution is -2.13. The molecule has 1 heterocycles. The molecule has 0 aliphatic rings. The molecule has 58 valence electrons. The summed E-state index contributed by atoms with van der Waals surface area (Å²) in [5, 5.41) is 0. The number of halogens is 1. The van der Waals surface area contributed by atoms with Gasteiger partial charge in [0.25, 0.3) is 0 Å². The van der Waals surface area contributed by atoms with Gasteiger partial charge in [-0.2, -0.15) is 0 Å². The number of hydrogen-bond donors (Lipinski definition) is 1. The van der Waals surface area contributed by atoms with Crippen LogP contribution in [0.1, 0.15) is 15.9 Å². The van der Waals surface area contributed by atoms with Gasteiger partial charge in [0.15, 0.2) is 0 Å². The van der Waals surface area contributed by atoms with Gasteiger partial charge >= 0.3 is 0 Å². The summed E-state index contributed by atoms with van der Waals surface area (Å²) in [6, 6.07) is 1.40. The first-order chi connectivity index (χ1) is 5.25. The first kappa shape index (κ1) is 7.65. The van der Waals surface area contributed by atoms with Crippen LogP contribution in [-0.2, 0) is 6.67 Å². The van der Waals surface area contributed by atoms with E-state index >= 15 is 0 Å². The zero-order valence-electron chi connectivity index (χ0n) is 5.75. The number of amides is 1. The van der Waals surface area contributed by atoms with Gasteiger partial charge in [-0.15, -0.1) is 0 Å². The van der Waals surface area contributed by atoms with Crippen molar-refractivity contribution in [3.8, 4) is 0 Å². The maximum Gasteiger partial charge on any atom is 0.249 e. The molecule has 0 saturated carbocycles. The van der Waals surface area contributed by atoms with Crippen LogP contribution in [0.5, 0.6) is 0 Å². The molecule has 1 aromatic rings. The van der Waals surface area contributed by atoms with Gasteiger partial charge in [0.1, 0.15) is 6.67 Å². The number of carbonyl (C=O) groups is 1. The molecular weight excluding hydrogens is 147 g/mol. The van der Waals surface area contributed by atoms with Crippen LogP contribution in [0.25, 0.3) is 0 Å². The van der Waals surface area contributed by atoms with E-state index in [4.69, 9.17) is 5.73 Å².